The molecule has 0 aliphatic carbocycles. The molecule has 1 aromatic carbocycles. The topological polar surface area (TPSA) is 54.3 Å². The van der Waals surface area contributed by atoms with Crippen molar-refractivity contribution >= 4 is 38.2 Å². The number of para-hydroxylation sites is 1. The van der Waals surface area contributed by atoms with Gasteiger partial charge in [0.15, 0.2) is 0 Å². The first-order valence-electron chi connectivity index (χ1n) is 8.58. The minimum atomic E-state index is -0.112. The molecule has 3 rings (SSSR count). The predicted octanol–water partition coefficient (Wildman–Crippen LogP) is 2.82. The van der Waals surface area contributed by atoms with E-state index in [9.17, 15) is 9.59 Å². The van der Waals surface area contributed by atoms with Crippen LogP contribution in [-0.2, 0) is 7.05 Å². The highest BCUT2D eigenvalue weighted by Gasteiger charge is 2.16. The van der Waals surface area contributed by atoms with Crippen LogP contribution in [0.1, 0.15) is 23.5 Å². The van der Waals surface area contributed by atoms with Crippen molar-refractivity contribution < 1.29 is 4.79 Å². The van der Waals surface area contributed by atoms with Crippen LogP contribution in [0.25, 0.3) is 21.0 Å². The Labute approximate surface area is 150 Å². The molecule has 6 heteroatoms. The van der Waals surface area contributed by atoms with E-state index in [4.69, 9.17) is 0 Å². The van der Waals surface area contributed by atoms with Gasteiger partial charge in [0.05, 0.1) is 15.8 Å². The van der Waals surface area contributed by atoms with Crippen LogP contribution in [0.5, 0.6) is 0 Å². The maximum Gasteiger partial charge on any atom is 0.261 e. The number of nitrogens with one attached hydrogen (secondary N) is 1. The third kappa shape index (κ3) is 3.32. The number of aryl methyl sites for hydroxylation is 1. The highest BCUT2D eigenvalue weighted by atomic mass is 32.1. The molecule has 2 aromatic heterocycles. The Morgan fingerprint density at radius 2 is 1.92 bits per heavy atom. The zero-order valence-corrected chi connectivity index (χ0v) is 15.7. The fourth-order valence-corrected chi connectivity index (χ4v) is 4.16. The summed E-state index contributed by atoms with van der Waals surface area (Å²) in [6.07, 6.45) is 0. The fraction of sp³-hybridized carbons (Fsp3) is 0.368. The van der Waals surface area contributed by atoms with Crippen LogP contribution >= 0.6 is 11.3 Å². The van der Waals surface area contributed by atoms with Gasteiger partial charge in [-0.05, 0) is 25.2 Å². The van der Waals surface area contributed by atoms with Crippen LogP contribution in [0, 0.1) is 0 Å². The molecule has 5 nitrogen and oxygen atoms in total. The van der Waals surface area contributed by atoms with Crippen molar-refractivity contribution in [3.63, 3.8) is 0 Å². The number of aromatic nitrogens is 1. The van der Waals surface area contributed by atoms with Crippen LogP contribution < -0.4 is 10.9 Å². The number of hydrogen-bond donors (Lipinski definition) is 1. The van der Waals surface area contributed by atoms with Crippen LogP contribution in [-0.4, -0.2) is 41.6 Å². The van der Waals surface area contributed by atoms with E-state index < -0.39 is 0 Å². The smallest absolute Gasteiger partial charge is 0.261 e. The second-order valence-corrected chi connectivity index (χ2v) is 7.07. The molecule has 25 heavy (non-hydrogen) atoms. The summed E-state index contributed by atoms with van der Waals surface area (Å²) in [7, 11) is 1.77. The van der Waals surface area contributed by atoms with Gasteiger partial charge in [0.2, 0.25) is 0 Å². The second kappa shape index (κ2) is 7.37. The molecule has 132 valence electrons. The monoisotopic (exact) mass is 357 g/mol. The number of fused-ring (bicyclic) bond motifs is 3. The van der Waals surface area contributed by atoms with Crippen molar-refractivity contribution in [3.05, 3.63) is 45.6 Å². The van der Waals surface area contributed by atoms with Crippen molar-refractivity contribution in [2.75, 3.05) is 26.2 Å². The minimum Gasteiger partial charge on any atom is -0.350 e. The molecule has 1 amide bonds. The lowest BCUT2D eigenvalue weighted by atomic mass is 10.2. The van der Waals surface area contributed by atoms with Gasteiger partial charge < -0.3 is 14.8 Å². The largest absolute Gasteiger partial charge is 0.350 e. The van der Waals surface area contributed by atoms with E-state index in [1.54, 1.807) is 17.7 Å². The Hall–Kier alpha value is -2.18. The molecule has 0 radical (unpaired) electrons. The number of likely N-dealkylation sites (N-methyl/N-ethyl adjacent to an activating group) is 1. The Morgan fingerprint density at radius 1 is 1.20 bits per heavy atom. The zero-order chi connectivity index (χ0) is 18.0. The third-order valence-electron chi connectivity index (χ3n) is 4.61. The molecule has 0 fully saturated rings. The van der Waals surface area contributed by atoms with Crippen molar-refractivity contribution in [2.45, 2.75) is 13.8 Å². The molecule has 0 aliphatic rings. The SMILES string of the molecule is CCN(CC)CCNC(=O)c1cc2c(=O)n(C)c3ccccc3c2s1. The van der Waals surface area contributed by atoms with Gasteiger partial charge in [-0.1, -0.05) is 32.0 Å². The van der Waals surface area contributed by atoms with E-state index in [0.717, 1.165) is 35.2 Å². The molecule has 0 saturated carbocycles. The van der Waals surface area contributed by atoms with E-state index in [1.165, 1.54) is 11.3 Å². The average Bonchev–Trinajstić information content (AvgIpc) is 3.09. The van der Waals surface area contributed by atoms with E-state index in [2.05, 4.69) is 24.1 Å². The average molecular weight is 357 g/mol. The summed E-state index contributed by atoms with van der Waals surface area (Å²) in [6.45, 7) is 7.59. The number of benzene rings is 1. The number of carbonyl (C=O) groups is 1. The Bertz CT molecular complexity index is 970. The van der Waals surface area contributed by atoms with Crippen molar-refractivity contribution in [1.82, 2.24) is 14.8 Å². The summed E-state index contributed by atoms with van der Waals surface area (Å²) in [4.78, 5) is 27.9. The lowest BCUT2D eigenvalue weighted by Crippen LogP contribution is -2.34. The van der Waals surface area contributed by atoms with Gasteiger partial charge in [-0.2, -0.15) is 0 Å². The third-order valence-corrected chi connectivity index (χ3v) is 5.78. The lowest BCUT2D eigenvalue weighted by Gasteiger charge is -2.17. The molecule has 0 saturated heterocycles. The molecule has 0 aliphatic heterocycles. The molecule has 0 bridgehead atoms. The Morgan fingerprint density at radius 3 is 2.64 bits per heavy atom. The van der Waals surface area contributed by atoms with Gasteiger partial charge in [0.25, 0.3) is 11.5 Å². The first kappa shape index (κ1) is 17.6. The first-order chi connectivity index (χ1) is 12.1. The van der Waals surface area contributed by atoms with Gasteiger partial charge in [-0.25, -0.2) is 0 Å². The van der Waals surface area contributed by atoms with Crippen molar-refractivity contribution in [2.24, 2.45) is 7.05 Å². The molecule has 1 N–H and O–H groups in total. The highest BCUT2D eigenvalue weighted by molar-refractivity contribution is 7.21. The number of rotatable bonds is 6. The summed E-state index contributed by atoms with van der Waals surface area (Å²) in [5.74, 6) is -0.112. The van der Waals surface area contributed by atoms with E-state index in [0.29, 0.717) is 16.8 Å². The number of thiophene rings is 1. The molecule has 0 spiro atoms. The summed E-state index contributed by atoms with van der Waals surface area (Å²) in [5, 5.41) is 4.58. The maximum atomic E-state index is 12.6. The number of hydrogen-bond acceptors (Lipinski definition) is 4. The minimum absolute atomic E-state index is 0.0628. The predicted molar refractivity (Wildman–Crippen MR) is 105 cm³/mol. The van der Waals surface area contributed by atoms with E-state index >= 15 is 0 Å². The fourth-order valence-electron chi connectivity index (χ4n) is 3.06. The van der Waals surface area contributed by atoms with Crippen LogP contribution in [0.15, 0.2) is 35.1 Å². The van der Waals surface area contributed by atoms with Crippen LogP contribution in [0.2, 0.25) is 0 Å². The quantitative estimate of drug-likeness (QED) is 0.738. The molecule has 3 aromatic rings. The normalized spacial score (nSPS) is 11.5. The van der Waals surface area contributed by atoms with E-state index in [1.807, 2.05) is 24.3 Å². The molecular weight excluding hydrogens is 334 g/mol. The number of amides is 1. The van der Waals surface area contributed by atoms with E-state index in [-0.39, 0.29) is 11.5 Å². The molecule has 0 unspecified atom stereocenters. The summed E-state index contributed by atoms with van der Waals surface area (Å²) < 4.78 is 2.53. The standard InChI is InChI=1S/C19H23N3O2S/c1-4-22(5-2)11-10-20-18(23)16-12-14-17(25-16)13-8-6-7-9-15(13)21(3)19(14)24/h6-9,12H,4-5,10-11H2,1-3H3,(H,20,23). The number of nitrogens with zero attached hydrogens (tertiary/aromatic N) is 2. The van der Waals surface area contributed by atoms with Gasteiger partial charge in [0.1, 0.15) is 0 Å². The van der Waals surface area contributed by atoms with Gasteiger partial charge in [-0.3, -0.25) is 9.59 Å². The highest BCUT2D eigenvalue weighted by Crippen LogP contribution is 2.30. The Balaban J connectivity index is 1.91. The van der Waals surface area contributed by atoms with Crippen molar-refractivity contribution in [3.8, 4) is 0 Å². The maximum absolute atomic E-state index is 12.6. The Kier molecular flexibility index (Phi) is 5.20. The van der Waals surface area contributed by atoms with Gasteiger partial charge in [0, 0.05) is 30.2 Å². The van der Waals surface area contributed by atoms with Crippen LogP contribution in [0.3, 0.4) is 0 Å². The second-order valence-electron chi connectivity index (χ2n) is 6.02. The first-order valence-corrected chi connectivity index (χ1v) is 9.40. The van der Waals surface area contributed by atoms with Crippen molar-refractivity contribution in [1.29, 1.82) is 0 Å². The summed E-state index contributed by atoms with van der Waals surface area (Å²) in [6, 6.07) is 9.52. The molecule has 0 atom stereocenters. The van der Waals surface area contributed by atoms with Gasteiger partial charge >= 0.3 is 0 Å². The number of pyridine rings is 1. The molecule has 2 heterocycles. The van der Waals surface area contributed by atoms with Gasteiger partial charge in [-0.15, -0.1) is 11.3 Å². The zero-order valence-electron chi connectivity index (χ0n) is 14.8. The van der Waals surface area contributed by atoms with Crippen LogP contribution in [0.4, 0.5) is 0 Å². The number of carbonyl (C=O) groups excluding carboxylic acids is 1. The lowest BCUT2D eigenvalue weighted by molar-refractivity contribution is 0.0953. The summed E-state index contributed by atoms with van der Waals surface area (Å²) >= 11 is 1.39. The molecular formula is C19H23N3O2S. The summed E-state index contributed by atoms with van der Waals surface area (Å²) in [5.41, 5.74) is 0.822.